The van der Waals surface area contributed by atoms with Crippen LogP contribution in [0.4, 0.5) is 5.69 Å². The second-order valence-electron chi connectivity index (χ2n) is 5.80. The summed E-state index contributed by atoms with van der Waals surface area (Å²) in [7, 11) is 0. The SMILES string of the molecule is C#CCn1c(=NC(=O)c2ccc(C)c(C)c2)sc2cc([N+](=O)[O-])ccc21. The summed E-state index contributed by atoms with van der Waals surface area (Å²) in [6.07, 6.45) is 5.44. The number of carbonyl (C=O) groups excluding carboxylic acids is 1. The van der Waals surface area contributed by atoms with Crippen LogP contribution in [0.25, 0.3) is 10.2 Å². The highest BCUT2D eigenvalue weighted by atomic mass is 32.1. The topological polar surface area (TPSA) is 77.5 Å². The number of amides is 1. The molecule has 0 radical (unpaired) electrons. The molecular formula is C19H15N3O3S. The summed E-state index contributed by atoms with van der Waals surface area (Å²) in [6.45, 7) is 4.13. The zero-order valence-corrected chi connectivity index (χ0v) is 15.0. The zero-order valence-electron chi connectivity index (χ0n) is 14.2. The highest BCUT2D eigenvalue weighted by molar-refractivity contribution is 7.16. The molecule has 0 saturated carbocycles. The van der Waals surface area contributed by atoms with Crippen LogP contribution in [0.1, 0.15) is 21.5 Å². The third-order valence-electron chi connectivity index (χ3n) is 4.08. The van der Waals surface area contributed by atoms with Gasteiger partial charge in [0.15, 0.2) is 4.80 Å². The molecule has 0 fully saturated rings. The lowest BCUT2D eigenvalue weighted by Gasteiger charge is -2.02. The minimum atomic E-state index is -0.457. The van der Waals surface area contributed by atoms with E-state index in [1.165, 1.54) is 23.5 Å². The Bertz CT molecular complexity index is 1150. The molecule has 0 aliphatic heterocycles. The molecule has 0 aliphatic rings. The van der Waals surface area contributed by atoms with Gasteiger partial charge in [-0.05, 0) is 43.2 Å². The second-order valence-corrected chi connectivity index (χ2v) is 6.81. The average molecular weight is 365 g/mol. The van der Waals surface area contributed by atoms with E-state index >= 15 is 0 Å². The number of non-ortho nitro benzene ring substituents is 1. The van der Waals surface area contributed by atoms with Crippen molar-refractivity contribution < 1.29 is 9.72 Å². The third kappa shape index (κ3) is 3.27. The summed E-state index contributed by atoms with van der Waals surface area (Å²) in [4.78, 5) is 27.7. The Balaban J connectivity index is 2.15. The van der Waals surface area contributed by atoms with Gasteiger partial charge in [0, 0.05) is 17.7 Å². The molecule has 0 unspecified atom stereocenters. The molecule has 130 valence electrons. The third-order valence-corrected chi connectivity index (χ3v) is 5.12. The first-order valence-corrected chi connectivity index (χ1v) is 8.60. The van der Waals surface area contributed by atoms with E-state index in [9.17, 15) is 14.9 Å². The van der Waals surface area contributed by atoms with Crippen molar-refractivity contribution in [3.05, 3.63) is 68.0 Å². The number of nitrogens with zero attached hydrogens (tertiary/aromatic N) is 3. The van der Waals surface area contributed by atoms with Gasteiger partial charge < -0.3 is 4.57 Å². The Morgan fingerprint density at radius 2 is 2.04 bits per heavy atom. The average Bonchev–Trinajstić information content (AvgIpc) is 2.94. The van der Waals surface area contributed by atoms with E-state index in [0.717, 1.165) is 11.1 Å². The molecule has 0 N–H and O–H groups in total. The molecule has 0 saturated heterocycles. The van der Waals surface area contributed by atoms with E-state index < -0.39 is 4.92 Å². The molecule has 0 aliphatic carbocycles. The summed E-state index contributed by atoms with van der Waals surface area (Å²) in [5.41, 5.74) is 3.29. The van der Waals surface area contributed by atoms with Crippen molar-refractivity contribution >= 4 is 33.1 Å². The Hall–Kier alpha value is -3.24. The second kappa shape index (κ2) is 6.94. The number of terminal acetylenes is 1. The number of nitro groups is 1. The number of carbonyl (C=O) groups is 1. The Labute approximate surface area is 153 Å². The minimum Gasteiger partial charge on any atom is -0.305 e. The van der Waals surface area contributed by atoms with Crippen LogP contribution in [0, 0.1) is 36.3 Å². The predicted molar refractivity (Wildman–Crippen MR) is 101 cm³/mol. The van der Waals surface area contributed by atoms with E-state index in [1.54, 1.807) is 22.8 Å². The number of thiazole rings is 1. The van der Waals surface area contributed by atoms with Gasteiger partial charge in [0.25, 0.3) is 11.6 Å². The van der Waals surface area contributed by atoms with Crippen molar-refractivity contribution in [2.24, 2.45) is 4.99 Å². The largest absolute Gasteiger partial charge is 0.305 e. The van der Waals surface area contributed by atoms with Crippen LogP contribution >= 0.6 is 11.3 Å². The normalized spacial score (nSPS) is 11.5. The van der Waals surface area contributed by atoms with Crippen molar-refractivity contribution in [3.63, 3.8) is 0 Å². The summed E-state index contributed by atoms with van der Waals surface area (Å²) in [5, 5.41) is 11.0. The standard InChI is InChI=1S/C19H15N3O3S/c1-4-9-21-16-8-7-15(22(24)25)11-17(16)26-19(21)20-18(23)14-6-5-12(2)13(3)10-14/h1,5-8,10-11H,9H2,2-3H3. The Morgan fingerprint density at radius 3 is 2.69 bits per heavy atom. The van der Waals surface area contributed by atoms with Crippen LogP contribution in [0.3, 0.4) is 0 Å². The van der Waals surface area contributed by atoms with Crippen LogP contribution in [0.5, 0.6) is 0 Å². The van der Waals surface area contributed by atoms with Crippen LogP contribution in [0.15, 0.2) is 41.4 Å². The van der Waals surface area contributed by atoms with E-state index in [-0.39, 0.29) is 18.1 Å². The van der Waals surface area contributed by atoms with Crippen LogP contribution < -0.4 is 4.80 Å². The number of fused-ring (bicyclic) bond motifs is 1. The fourth-order valence-corrected chi connectivity index (χ4v) is 3.59. The van der Waals surface area contributed by atoms with Gasteiger partial charge in [0.1, 0.15) is 0 Å². The molecule has 2 aromatic carbocycles. The van der Waals surface area contributed by atoms with Gasteiger partial charge in [-0.15, -0.1) is 6.42 Å². The highest BCUT2D eigenvalue weighted by Crippen LogP contribution is 2.23. The fourth-order valence-electron chi connectivity index (χ4n) is 2.53. The molecule has 0 bridgehead atoms. The number of aryl methyl sites for hydroxylation is 2. The van der Waals surface area contributed by atoms with E-state index in [0.29, 0.717) is 20.6 Å². The predicted octanol–water partition coefficient (Wildman–Crippen LogP) is 3.60. The highest BCUT2D eigenvalue weighted by Gasteiger charge is 2.13. The van der Waals surface area contributed by atoms with Crippen molar-refractivity contribution in [1.29, 1.82) is 0 Å². The van der Waals surface area contributed by atoms with Gasteiger partial charge >= 0.3 is 0 Å². The monoisotopic (exact) mass is 365 g/mol. The summed E-state index contributed by atoms with van der Waals surface area (Å²) in [5.74, 6) is 2.16. The Morgan fingerprint density at radius 1 is 1.27 bits per heavy atom. The molecule has 1 amide bonds. The first kappa shape index (κ1) is 17.6. The molecule has 1 aromatic heterocycles. The van der Waals surface area contributed by atoms with Gasteiger partial charge in [-0.1, -0.05) is 23.3 Å². The van der Waals surface area contributed by atoms with E-state index in [2.05, 4.69) is 10.9 Å². The maximum Gasteiger partial charge on any atom is 0.279 e. The van der Waals surface area contributed by atoms with Gasteiger partial charge in [0.2, 0.25) is 0 Å². The number of benzene rings is 2. The molecule has 0 atom stereocenters. The smallest absolute Gasteiger partial charge is 0.279 e. The lowest BCUT2D eigenvalue weighted by molar-refractivity contribution is -0.384. The molecular weight excluding hydrogens is 350 g/mol. The number of nitro benzene ring substituents is 1. The lowest BCUT2D eigenvalue weighted by atomic mass is 10.1. The number of rotatable bonds is 3. The molecule has 3 aromatic rings. The minimum absolute atomic E-state index is 0.0151. The maximum atomic E-state index is 12.6. The van der Waals surface area contributed by atoms with Crippen LogP contribution in [-0.4, -0.2) is 15.4 Å². The first-order chi connectivity index (χ1) is 12.4. The van der Waals surface area contributed by atoms with Crippen molar-refractivity contribution in [3.8, 4) is 12.3 Å². The van der Waals surface area contributed by atoms with Gasteiger partial charge in [-0.2, -0.15) is 4.99 Å². The summed E-state index contributed by atoms with van der Waals surface area (Å²) < 4.78 is 2.36. The zero-order chi connectivity index (χ0) is 18.8. The maximum absolute atomic E-state index is 12.6. The van der Waals surface area contributed by atoms with Gasteiger partial charge in [0.05, 0.1) is 21.7 Å². The first-order valence-electron chi connectivity index (χ1n) is 7.78. The van der Waals surface area contributed by atoms with Crippen LogP contribution in [-0.2, 0) is 6.54 Å². The van der Waals surface area contributed by atoms with Crippen molar-refractivity contribution in [1.82, 2.24) is 4.57 Å². The molecule has 6 nitrogen and oxygen atoms in total. The quantitative estimate of drug-likeness (QED) is 0.404. The summed E-state index contributed by atoms with van der Waals surface area (Å²) >= 11 is 1.20. The number of hydrogen-bond donors (Lipinski definition) is 0. The van der Waals surface area contributed by atoms with E-state index in [1.807, 2.05) is 19.9 Å². The number of aromatic nitrogens is 1. The van der Waals surface area contributed by atoms with Gasteiger partial charge in [-0.3, -0.25) is 14.9 Å². The fraction of sp³-hybridized carbons (Fsp3) is 0.158. The van der Waals surface area contributed by atoms with Crippen molar-refractivity contribution in [2.75, 3.05) is 0 Å². The van der Waals surface area contributed by atoms with Gasteiger partial charge in [-0.25, -0.2) is 0 Å². The Kier molecular flexibility index (Phi) is 4.69. The molecule has 0 spiro atoms. The lowest BCUT2D eigenvalue weighted by Crippen LogP contribution is -2.16. The van der Waals surface area contributed by atoms with Crippen molar-refractivity contribution in [2.45, 2.75) is 20.4 Å². The molecule has 3 rings (SSSR count). The molecule has 1 heterocycles. The number of hydrogen-bond acceptors (Lipinski definition) is 4. The summed E-state index contributed by atoms with van der Waals surface area (Å²) in [6, 6.07) is 9.91. The molecule has 7 heteroatoms. The molecule has 26 heavy (non-hydrogen) atoms. The van der Waals surface area contributed by atoms with Crippen LogP contribution in [0.2, 0.25) is 0 Å². The van der Waals surface area contributed by atoms with E-state index in [4.69, 9.17) is 6.42 Å².